The van der Waals surface area contributed by atoms with E-state index in [1.165, 1.54) is 0 Å². The summed E-state index contributed by atoms with van der Waals surface area (Å²) in [5, 5.41) is 8.31. The highest BCUT2D eigenvalue weighted by Crippen LogP contribution is 2.50. The minimum absolute atomic E-state index is 0.0849. The summed E-state index contributed by atoms with van der Waals surface area (Å²) in [5.74, 6) is -0.0118. The number of piperidine rings is 1. The van der Waals surface area contributed by atoms with Gasteiger partial charge in [0.2, 0.25) is 19.5 Å². The summed E-state index contributed by atoms with van der Waals surface area (Å²) in [6, 6.07) is 11.5. The first kappa shape index (κ1) is 43.1. The lowest BCUT2D eigenvalue weighted by atomic mass is 9.98. The summed E-state index contributed by atoms with van der Waals surface area (Å²) >= 11 is 13.1. The molecule has 2 saturated carbocycles. The Morgan fingerprint density at radius 2 is 1.58 bits per heavy atom. The van der Waals surface area contributed by atoms with Crippen LogP contribution in [-0.4, -0.2) is 61.4 Å². The molecule has 16 heteroatoms. The molecule has 1 N–H and O–H groups in total. The van der Waals surface area contributed by atoms with Crippen LogP contribution in [0.4, 0.5) is 11.4 Å². The molecule has 3 aromatic rings. The van der Waals surface area contributed by atoms with Crippen LogP contribution in [-0.2, 0) is 48.8 Å². The van der Waals surface area contributed by atoms with Crippen molar-refractivity contribution in [2.75, 3.05) is 36.5 Å². The average Bonchev–Trinajstić information content (AvgIpc) is 3.58. The zero-order valence-corrected chi connectivity index (χ0v) is 35.9. The van der Waals surface area contributed by atoms with Gasteiger partial charge in [0.05, 0.1) is 39.7 Å². The fourth-order valence-corrected chi connectivity index (χ4v) is 8.89. The number of carbonyl (C=O) groups is 3. The van der Waals surface area contributed by atoms with Crippen molar-refractivity contribution < 1.29 is 46.7 Å². The first-order valence-corrected chi connectivity index (χ1v) is 21.8. The van der Waals surface area contributed by atoms with Gasteiger partial charge in [-0.3, -0.25) is 28.0 Å². The van der Waals surface area contributed by atoms with Crippen molar-refractivity contribution in [3.63, 3.8) is 0 Å². The third-order valence-electron chi connectivity index (χ3n) is 10.4. The van der Waals surface area contributed by atoms with Gasteiger partial charge in [0.1, 0.15) is 11.5 Å². The van der Waals surface area contributed by atoms with Gasteiger partial charge in [0, 0.05) is 53.3 Å². The fraction of sp³-hybridized carbons (Fsp3) is 0.561. The molecule has 6 rings (SSSR count). The number of fused-ring (bicyclic) bond motifs is 2. The number of esters is 2. The van der Waals surface area contributed by atoms with Gasteiger partial charge in [-0.1, -0.05) is 34.4 Å². The second-order valence-corrected chi connectivity index (χ2v) is 20.1. The van der Waals surface area contributed by atoms with E-state index in [4.69, 9.17) is 51.0 Å². The third-order valence-corrected chi connectivity index (χ3v) is 12.8. The molecule has 1 aromatic heterocycles. The van der Waals surface area contributed by atoms with E-state index in [0.29, 0.717) is 51.5 Å². The van der Waals surface area contributed by atoms with E-state index in [-0.39, 0.29) is 18.7 Å². The number of aryl methyl sites for hydroxylation is 1. The van der Waals surface area contributed by atoms with Gasteiger partial charge in [-0.05, 0) is 110 Å². The van der Waals surface area contributed by atoms with Gasteiger partial charge in [0.25, 0.3) is 0 Å². The molecule has 310 valence electrons. The quantitative estimate of drug-likeness (QED) is 0.0829. The molecule has 1 saturated heterocycles. The van der Waals surface area contributed by atoms with Crippen LogP contribution in [0.25, 0.3) is 11.3 Å². The molecule has 0 radical (unpaired) electrons. The number of hydrogen-bond donors (Lipinski definition) is 1. The first-order valence-electron chi connectivity index (χ1n) is 19.3. The summed E-state index contributed by atoms with van der Waals surface area (Å²) in [6.07, 6.45) is 3.52. The van der Waals surface area contributed by atoms with Gasteiger partial charge in [0.15, 0.2) is 0 Å². The van der Waals surface area contributed by atoms with Crippen molar-refractivity contribution in [1.82, 2.24) is 5.16 Å². The number of carbonyl (C=O) groups excluding carboxylic acids is 3. The first-order chi connectivity index (χ1) is 26.8. The summed E-state index contributed by atoms with van der Waals surface area (Å²) in [5.41, 5.74) is 3.28. The minimum atomic E-state index is -4.03. The van der Waals surface area contributed by atoms with Crippen LogP contribution in [0.15, 0.2) is 40.9 Å². The van der Waals surface area contributed by atoms with E-state index in [0.717, 1.165) is 54.8 Å². The van der Waals surface area contributed by atoms with E-state index in [1.807, 2.05) is 31.2 Å². The number of ether oxygens (including phenoxy) is 3. The number of hydrogen-bond acceptors (Lipinski definition) is 12. The number of nitrogens with zero attached hydrogens (tertiary/aromatic N) is 2. The van der Waals surface area contributed by atoms with E-state index in [2.05, 4.69) is 15.4 Å². The number of rotatable bonds is 16. The molecule has 3 aliphatic rings. The van der Waals surface area contributed by atoms with Gasteiger partial charge >= 0.3 is 19.5 Å². The predicted molar refractivity (Wildman–Crippen MR) is 216 cm³/mol. The molecule has 2 heterocycles. The molecule has 1 aliphatic heterocycles. The Morgan fingerprint density at radius 3 is 2.12 bits per heavy atom. The Labute approximate surface area is 343 Å². The molecule has 57 heavy (non-hydrogen) atoms. The monoisotopic (exact) mass is 847 g/mol. The smallest absolute Gasteiger partial charge is 0.337 e. The maximum Gasteiger partial charge on any atom is 0.337 e. The Balaban J connectivity index is 1.02. The van der Waals surface area contributed by atoms with Crippen molar-refractivity contribution in [2.45, 2.75) is 105 Å². The molecule has 2 bridgehead atoms. The van der Waals surface area contributed by atoms with Crippen molar-refractivity contribution >= 4 is 60.0 Å². The van der Waals surface area contributed by atoms with Gasteiger partial charge < -0.3 is 29.0 Å². The summed E-state index contributed by atoms with van der Waals surface area (Å²) in [4.78, 5) is 39.9. The van der Waals surface area contributed by atoms with E-state index in [9.17, 15) is 18.9 Å². The molecule has 2 aromatic carbocycles. The van der Waals surface area contributed by atoms with Crippen molar-refractivity contribution in [3.05, 3.63) is 63.3 Å². The molecule has 3 atom stereocenters. The predicted octanol–water partition coefficient (Wildman–Crippen LogP) is 9.67. The lowest BCUT2D eigenvalue weighted by Gasteiger charge is -2.34. The Bertz CT molecular complexity index is 1970. The zero-order valence-electron chi connectivity index (χ0n) is 33.5. The number of halogens is 2. The SMILES string of the molecule is Cc1cc(NC(=O)CCP(=O)(OCOC(=O)C(C)(C)C)OCOC(=O)C(C)(C)C)ccc1N1C[C@@H]2C[C@H]1C[C@H]2OCc1c(-c2c(Cl)cccc2Cl)noc1C1CC1. The van der Waals surface area contributed by atoms with Gasteiger partial charge in [-0.25, -0.2) is 0 Å². The number of nitrogens with one attached hydrogen (secondary N) is 1. The highest BCUT2D eigenvalue weighted by Gasteiger charge is 2.46. The largest absolute Gasteiger partial charge is 0.438 e. The number of anilines is 2. The molecule has 13 nitrogen and oxygen atoms in total. The van der Waals surface area contributed by atoms with E-state index < -0.39 is 49.9 Å². The Hall–Kier alpha value is -3.45. The normalized spacial score (nSPS) is 19.5. The number of amides is 1. The molecule has 0 unspecified atom stereocenters. The maximum absolute atomic E-state index is 13.6. The summed E-state index contributed by atoms with van der Waals surface area (Å²) < 4.78 is 46.9. The summed E-state index contributed by atoms with van der Waals surface area (Å²) in [6.45, 7) is 11.9. The maximum atomic E-state index is 13.6. The third kappa shape index (κ3) is 10.6. The molecule has 3 fully saturated rings. The zero-order chi connectivity index (χ0) is 41.3. The number of benzene rings is 2. The van der Waals surface area contributed by atoms with Gasteiger partial charge in [-0.15, -0.1) is 0 Å². The van der Waals surface area contributed by atoms with Crippen LogP contribution < -0.4 is 10.2 Å². The fourth-order valence-electron chi connectivity index (χ4n) is 7.08. The van der Waals surface area contributed by atoms with Crippen LogP contribution in [0.5, 0.6) is 0 Å². The average molecular weight is 849 g/mol. The topological polar surface area (TPSA) is 156 Å². The Kier molecular flexibility index (Phi) is 13.2. The second-order valence-electron chi connectivity index (χ2n) is 17.1. The van der Waals surface area contributed by atoms with Crippen LogP contribution in [0, 0.1) is 23.7 Å². The Morgan fingerprint density at radius 1 is 0.947 bits per heavy atom. The molecule has 0 spiro atoms. The van der Waals surface area contributed by atoms with E-state index >= 15 is 0 Å². The lowest BCUT2D eigenvalue weighted by molar-refractivity contribution is -0.162. The van der Waals surface area contributed by atoms with Gasteiger partial charge in [-0.2, -0.15) is 0 Å². The molecule has 2 aliphatic carbocycles. The van der Waals surface area contributed by atoms with Crippen LogP contribution in [0.3, 0.4) is 0 Å². The van der Waals surface area contributed by atoms with Crippen LogP contribution in [0.1, 0.15) is 96.5 Å². The standard InChI is InChI=1S/C41H52Cl2N3O10P/c1-24-17-27(44-34(47)15-16-57(50,54-22-52-38(48)40(2,3)4)55-23-53-39(49)41(5,6)7)13-14-32(24)46-20-26-18-28(46)19-33(26)51-21-29-36(45-56-37(29)25-11-12-25)35-30(42)9-8-10-31(35)43/h8-10,13-14,17,25-26,28,33H,11-12,15-16,18-23H2,1-7H3,(H,44,47)/t26-,28-,33+/m0/s1. The van der Waals surface area contributed by atoms with E-state index in [1.54, 1.807) is 53.7 Å². The van der Waals surface area contributed by atoms with Crippen LogP contribution in [0.2, 0.25) is 10.0 Å². The highest BCUT2D eigenvalue weighted by atomic mass is 35.5. The molecular formula is C41H52Cl2N3O10P. The van der Waals surface area contributed by atoms with Crippen molar-refractivity contribution in [2.24, 2.45) is 16.7 Å². The van der Waals surface area contributed by atoms with Crippen molar-refractivity contribution in [1.29, 1.82) is 0 Å². The molecular weight excluding hydrogens is 796 g/mol. The minimum Gasteiger partial charge on any atom is -0.438 e. The van der Waals surface area contributed by atoms with Crippen molar-refractivity contribution in [3.8, 4) is 11.3 Å². The van der Waals surface area contributed by atoms with Crippen LogP contribution >= 0.6 is 30.8 Å². The summed E-state index contributed by atoms with van der Waals surface area (Å²) in [7, 11) is -4.03. The second kappa shape index (κ2) is 17.4. The lowest BCUT2D eigenvalue weighted by Crippen LogP contribution is -2.39. The highest BCUT2D eigenvalue weighted by molar-refractivity contribution is 7.53. The number of aromatic nitrogens is 1. The molecule has 1 amide bonds.